The van der Waals surface area contributed by atoms with E-state index in [-0.39, 0.29) is 24.0 Å². The molecule has 1 heterocycles. The molecule has 0 aliphatic carbocycles. The second kappa shape index (κ2) is 12.4. The zero-order valence-corrected chi connectivity index (χ0v) is 21.0. The molecule has 0 aliphatic heterocycles. The monoisotopic (exact) mass is 537 g/mol. The Labute approximate surface area is 201 Å². The molecule has 3 aromatic rings. The van der Waals surface area contributed by atoms with Gasteiger partial charge in [-0.15, -0.1) is 24.0 Å². The largest absolute Gasteiger partial charge is 0.497 e. The fourth-order valence-electron chi connectivity index (χ4n) is 3.41. The number of imidazole rings is 1. The Morgan fingerprint density at radius 3 is 2.65 bits per heavy atom. The molecule has 168 valence electrons. The van der Waals surface area contributed by atoms with E-state index in [0.717, 1.165) is 60.4 Å². The molecule has 3 rings (SSSR count). The van der Waals surface area contributed by atoms with Gasteiger partial charge in [-0.2, -0.15) is 0 Å². The molecule has 8 heteroatoms. The summed E-state index contributed by atoms with van der Waals surface area (Å²) < 4.78 is 13.0. The predicted molar refractivity (Wildman–Crippen MR) is 137 cm³/mol. The third-order valence-electron chi connectivity index (χ3n) is 4.94. The first kappa shape index (κ1) is 24.8. The highest BCUT2D eigenvalue weighted by molar-refractivity contribution is 14.0. The summed E-state index contributed by atoms with van der Waals surface area (Å²) in [5.41, 5.74) is 3.24. The summed E-state index contributed by atoms with van der Waals surface area (Å²) in [5.74, 6) is 3.38. The van der Waals surface area contributed by atoms with E-state index in [4.69, 9.17) is 14.5 Å². The maximum absolute atomic E-state index is 5.47. The molecule has 0 unspecified atom stereocenters. The highest BCUT2D eigenvalue weighted by Gasteiger charge is 2.07. The molecular weight excluding hydrogens is 505 g/mol. The number of hydrogen-bond acceptors (Lipinski definition) is 4. The van der Waals surface area contributed by atoms with Crippen LogP contribution < -0.4 is 20.1 Å². The molecule has 2 aromatic carbocycles. The third kappa shape index (κ3) is 6.49. The van der Waals surface area contributed by atoms with Gasteiger partial charge in [0, 0.05) is 31.3 Å². The first-order valence-electron chi connectivity index (χ1n) is 10.3. The van der Waals surface area contributed by atoms with Crippen molar-refractivity contribution < 1.29 is 9.47 Å². The van der Waals surface area contributed by atoms with Gasteiger partial charge in [0.05, 0.1) is 31.8 Å². The highest BCUT2D eigenvalue weighted by atomic mass is 127. The summed E-state index contributed by atoms with van der Waals surface area (Å²) >= 11 is 0. The second-order valence-electron chi connectivity index (χ2n) is 6.95. The van der Waals surface area contributed by atoms with Crippen molar-refractivity contribution >= 4 is 41.0 Å². The summed E-state index contributed by atoms with van der Waals surface area (Å²) in [7, 11) is 3.31. The fraction of sp³-hybridized carbons (Fsp3) is 0.391. The number of fused-ring (bicyclic) bond motifs is 1. The SMILES string of the molecule is CCNC(=NCc1ccc(OC)cc1OC)NCCCn1c(C)nc2ccccc21.I. The van der Waals surface area contributed by atoms with Gasteiger partial charge in [-0.25, -0.2) is 9.98 Å². The van der Waals surface area contributed by atoms with Crippen molar-refractivity contribution in [1.29, 1.82) is 0 Å². The minimum absolute atomic E-state index is 0. The van der Waals surface area contributed by atoms with Gasteiger partial charge in [-0.1, -0.05) is 12.1 Å². The number of guanidine groups is 1. The van der Waals surface area contributed by atoms with E-state index >= 15 is 0 Å². The van der Waals surface area contributed by atoms with Crippen molar-refractivity contribution in [3.05, 3.63) is 53.9 Å². The summed E-state index contributed by atoms with van der Waals surface area (Å²) in [6.45, 7) is 7.17. The normalized spacial score (nSPS) is 11.2. The van der Waals surface area contributed by atoms with Crippen LogP contribution in [0.4, 0.5) is 0 Å². The van der Waals surface area contributed by atoms with Crippen LogP contribution >= 0.6 is 24.0 Å². The van der Waals surface area contributed by atoms with Gasteiger partial charge in [0.25, 0.3) is 0 Å². The molecule has 0 amide bonds. The van der Waals surface area contributed by atoms with Crippen LogP contribution in [0.25, 0.3) is 11.0 Å². The van der Waals surface area contributed by atoms with Crippen LogP contribution in [-0.4, -0.2) is 42.8 Å². The topological polar surface area (TPSA) is 72.7 Å². The van der Waals surface area contributed by atoms with Crippen LogP contribution in [0.1, 0.15) is 24.7 Å². The molecule has 0 spiro atoms. The van der Waals surface area contributed by atoms with Crippen LogP contribution in [-0.2, 0) is 13.1 Å². The molecule has 0 bridgehead atoms. The zero-order chi connectivity index (χ0) is 21.3. The van der Waals surface area contributed by atoms with Crippen molar-refractivity contribution in [2.45, 2.75) is 33.4 Å². The van der Waals surface area contributed by atoms with Gasteiger partial charge < -0.3 is 24.7 Å². The van der Waals surface area contributed by atoms with E-state index in [1.54, 1.807) is 14.2 Å². The number of aromatic nitrogens is 2. The van der Waals surface area contributed by atoms with Crippen LogP contribution in [0, 0.1) is 6.92 Å². The van der Waals surface area contributed by atoms with Gasteiger partial charge in [-0.3, -0.25) is 0 Å². The number of benzene rings is 2. The molecule has 0 saturated heterocycles. The van der Waals surface area contributed by atoms with Crippen molar-refractivity contribution in [1.82, 2.24) is 20.2 Å². The lowest BCUT2D eigenvalue weighted by molar-refractivity contribution is 0.391. The molecule has 0 atom stereocenters. The van der Waals surface area contributed by atoms with Crippen molar-refractivity contribution in [3.63, 3.8) is 0 Å². The Balaban J connectivity index is 0.00000341. The number of aliphatic imine (C=N–C) groups is 1. The average Bonchev–Trinajstić information content (AvgIpc) is 3.09. The van der Waals surface area contributed by atoms with E-state index in [9.17, 15) is 0 Å². The Morgan fingerprint density at radius 2 is 1.90 bits per heavy atom. The van der Waals surface area contributed by atoms with E-state index in [1.165, 1.54) is 5.52 Å². The summed E-state index contributed by atoms with van der Waals surface area (Å²) in [6.07, 6.45) is 0.970. The summed E-state index contributed by atoms with van der Waals surface area (Å²) in [4.78, 5) is 9.34. The molecule has 31 heavy (non-hydrogen) atoms. The van der Waals surface area contributed by atoms with Crippen molar-refractivity contribution in [2.75, 3.05) is 27.3 Å². The van der Waals surface area contributed by atoms with Crippen LogP contribution in [0.5, 0.6) is 11.5 Å². The first-order chi connectivity index (χ1) is 14.7. The van der Waals surface area contributed by atoms with Crippen LogP contribution in [0.15, 0.2) is 47.5 Å². The lowest BCUT2D eigenvalue weighted by Crippen LogP contribution is -2.38. The number of aryl methyl sites for hydroxylation is 2. The standard InChI is InChI=1S/C23H31N5O2.HI/c1-5-24-23(26-16-18-11-12-19(29-3)15-22(18)30-4)25-13-8-14-28-17(2)27-20-9-6-7-10-21(20)28;/h6-7,9-12,15H,5,8,13-14,16H2,1-4H3,(H2,24,25,26);1H. The molecule has 0 saturated carbocycles. The summed E-state index contributed by atoms with van der Waals surface area (Å²) in [5, 5.41) is 6.72. The van der Waals surface area contributed by atoms with E-state index in [1.807, 2.05) is 24.3 Å². The molecular formula is C23H32IN5O2. The van der Waals surface area contributed by atoms with Gasteiger partial charge in [0.2, 0.25) is 0 Å². The molecule has 0 aliphatic rings. The minimum atomic E-state index is 0. The number of ether oxygens (including phenoxy) is 2. The van der Waals surface area contributed by atoms with Crippen LogP contribution in [0.3, 0.4) is 0 Å². The Morgan fingerprint density at radius 1 is 1.10 bits per heavy atom. The average molecular weight is 537 g/mol. The Hall–Kier alpha value is -2.49. The zero-order valence-electron chi connectivity index (χ0n) is 18.6. The minimum Gasteiger partial charge on any atom is -0.497 e. The summed E-state index contributed by atoms with van der Waals surface area (Å²) in [6, 6.07) is 14.0. The molecule has 0 fully saturated rings. The van der Waals surface area contributed by atoms with E-state index in [0.29, 0.717) is 6.54 Å². The predicted octanol–water partition coefficient (Wildman–Crippen LogP) is 4.13. The maximum Gasteiger partial charge on any atom is 0.191 e. The number of nitrogens with zero attached hydrogens (tertiary/aromatic N) is 3. The van der Waals surface area contributed by atoms with E-state index in [2.05, 4.69) is 52.2 Å². The Bertz CT molecular complexity index is 1000. The smallest absolute Gasteiger partial charge is 0.191 e. The van der Waals surface area contributed by atoms with Crippen molar-refractivity contribution in [2.24, 2.45) is 4.99 Å². The van der Waals surface area contributed by atoms with Gasteiger partial charge in [0.1, 0.15) is 17.3 Å². The van der Waals surface area contributed by atoms with Gasteiger partial charge >= 0.3 is 0 Å². The highest BCUT2D eigenvalue weighted by Crippen LogP contribution is 2.25. The maximum atomic E-state index is 5.47. The fourth-order valence-corrected chi connectivity index (χ4v) is 3.41. The molecule has 0 radical (unpaired) electrons. The quantitative estimate of drug-likeness (QED) is 0.186. The third-order valence-corrected chi connectivity index (χ3v) is 4.94. The lowest BCUT2D eigenvalue weighted by Gasteiger charge is -2.13. The number of nitrogens with one attached hydrogen (secondary N) is 2. The first-order valence-corrected chi connectivity index (χ1v) is 10.3. The number of rotatable bonds is 9. The van der Waals surface area contributed by atoms with E-state index < -0.39 is 0 Å². The molecule has 2 N–H and O–H groups in total. The number of hydrogen-bond donors (Lipinski definition) is 2. The van der Waals surface area contributed by atoms with Crippen LogP contribution in [0.2, 0.25) is 0 Å². The molecule has 1 aromatic heterocycles. The van der Waals surface area contributed by atoms with Gasteiger partial charge in [-0.05, 0) is 44.5 Å². The Kier molecular flexibility index (Phi) is 9.90. The number of methoxy groups -OCH3 is 2. The lowest BCUT2D eigenvalue weighted by atomic mass is 10.2. The molecule has 7 nitrogen and oxygen atoms in total. The number of para-hydroxylation sites is 2. The number of halogens is 1. The second-order valence-corrected chi connectivity index (χ2v) is 6.95. The van der Waals surface area contributed by atoms with Crippen molar-refractivity contribution in [3.8, 4) is 11.5 Å². The van der Waals surface area contributed by atoms with Gasteiger partial charge in [0.15, 0.2) is 5.96 Å².